The van der Waals surface area contributed by atoms with Crippen LogP contribution in [-0.4, -0.2) is 54.2 Å². The average molecular weight is 283 g/mol. The summed E-state index contributed by atoms with van der Waals surface area (Å²) in [5.41, 5.74) is 4.97. The number of nitrogens with zero attached hydrogens (tertiary/aromatic N) is 1. The van der Waals surface area contributed by atoms with Gasteiger partial charge in [0.25, 0.3) is 0 Å². The van der Waals surface area contributed by atoms with Gasteiger partial charge in [-0.15, -0.1) is 0 Å². The van der Waals surface area contributed by atoms with Crippen molar-refractivity contribution in [1.82, 2.24) is 10.2 Å². The summed E-state index contributed by atoms with van der Waals surface area (Å²) in [6.45, 7) is 8.65. The van der Waals surface area contributed by atoms with Crippen molar-refractivity contribution in [3.63, 3.8) is 0 Å². The Hall–Kier alpha value is -0.650. The van der Waals surface area contributed by atoms with Crippen molar-refractivity contribution in [2.24, 2.45) is 5.73 Å². The zero-order valence-corrected chi connectivity index (χ0v) is 13.0. The van der Waals surface area contributed by atoms with Crippen LogP contribution in [0, 0.1) is 0 Å². The molecule has 116 valence electrons. The summed E-state index contributed by atoms with van der Waals surface area (Å²) in [6.07, 6.45) is 4.78. The molecule has 1 aliphatic heterocycles. The van der Waals surface area contributed by atoms with E-state index in [1.807, 2.05) is 13.8 Å². The van der Waals surface area contributed by atoms with E-state index in [1.165, 1.54) is 19.3 Å². The van der Waals surface area contributed by atoms with Gasteiger partial charge in [0.05, 0.1) is 18.2 Å². The van der Waals surface area contributed by atoms with Crippen LogP contribution < -0.4 is 11.1 Å². The average Bonchev–Trinajstić information content (AvgIpc) is 2.86. The summed E-state index contributed by atoms with van der Waals surface area (Å²) in [7, 11) is 0. The molecule has 1 saturated heterocycles. The summed E-state index contributed by atoms with van der Waals surface area (Å²) >= 11 is 0. The van der Waals surface area contributed by atoms with Crippen molar-refractivity contribution in [1.29, 1.82) is 0 Å². The number of likely N-dealkylation sites (N-methyl/N-ethyl adjacent to an activating group) is 1. The Balaban J connectivity index is 2.02. The zero-order valence-electron chi connectivity index (χ0n) is 13.0. The molecule has 4 atom stereocenters. The lowest BCUT2D eigenvalue weighted by Crippen LogP contribution is -2.59. The third kappa shape index (κ3) is 3.15. The lowest BCUT2D eigenvalue weighted by Gasteiger charge is -2.43. The lowest BCUT2D eigenvalue weighted by molar-refractivity contribution is -0.125. The number of carbonyl (C=O) groups excluding carboxylic acids is 1. The molecule has 20 heavy (non-hydrogen) atoms. The summed E-state index contributed by atoms with van der Waals surface area (Å²) in [5, 5.41) is 3.26. The van der Waals surface area contributed by atoms with Gasteiger partial charge in [-0.3, -0.25) is 9.69 Å². The van der Waals surface area contributed by atoms with Crippen molar-refractivity contribution >= 4 is 5.91 Å². The maximum Gasteiger partial charge on any atom is 0.237 e. The molecule has 1 amide bonds. The van der Waals surface area contributed by atoms with E-state index in [9.17, 15) is 4.79 Å². The SMILES string of the molecule is CCNC(C)(CC(C)N1CCOC2CCCC21)C(N)=O. The number of primary amides is 1. The molecule has 2 rings (SSSR count). The highest BCUT2D eigenvalue weighted by Gasteiger charge is 2.41. The first-order valence-corrected chi connectivity index (χ1v) is 7.90. The molecule has 0 spiro atoms. The van der Waals surface area contributed by atoms with Crippen LogP contribution in [0.5, 0.6) is 0 Å². The van der Waals surface area contributed by atoms with E-state index in [0.29, 0.717) is 18.2 Å². The van der Waals surface area contributed by atoms with E-state index >= 15 is 0 Å². The quantitative estimate of drug-likeness (QED) is 0.759. The fourth-order valence-electron chi connectivity index (χ4n) is 3.86. The Kier molecular flexibility index (Phi) is 5.04. The van der Waals surface area contributed by atoms with Crippen LogP contribution in [-0.2, 0) is 9.53 Å². The standard InChI is InChI=1S/C15H29N3O2/c1-4-17-15(3,14(16)19)10-11(2)18-8-9-20-13-7-5-6-12(13)18/h11-13,17H,4-10H2,1-3H3,(H2,16,19). The van der Waals surface area contributed by atoms with Gasteiger partial charge in [0.15, 0.2) is 0 Å². The third-order valence-corrected chi connectivity index (χ3v) is 4.91. The first-order valence-electron chi connectivity index (χ1n) is 7.90. The second kappa shape index (κ2) is 6.41. The van der Waals surface area contributed by atoms with Gasteiger partial charge >= 0.3 is 0 Å². The normalized spacial score (nSPS) is 31.6. The monoisotopic (exact) mass is 283 g/mol. The van der Waals surface area contributed by atoms with Crippen molar-refractivity contribution < 1.29 is 9.53 Å². The van der Waals surface area contributed by atoms with Gasteiger partial charge in [0.2, 0.25) is 5.91 Å². The molecular formula is C15H29N3O2. The minimum absolute atomic E-state index is 0.262. The van der Waals surface area contributed by atoms with Crippen LogP contribution in [0.3, 0.4) is 0 Å². The summed E-state index contributed by atoms with van der Waals surface area (Å²) in [4.78, 5) is 14.3. The van der Waals surface area contributed by atoms with Crippen molar-refractivity contribution in [2.75, 3.05) is 19.7 Å². The number of amides is 1. The van der Waals surface area contributed by atoms with E-state index < -0.39 is 5.54 Å². The number of hydrogen-bond acceptors (Lipinski definition) is 4. The molecule has 0 bridgehead atoms. The van der Waals surface area contributed by atoms with Crippen LogP contribution in [0.4, 0.5) is 0 Å². The molecule has 5 heteroatoms. The van der Waals surface area contributed by atoms with Crippen LogP contribution in [0.15, 0.2) is 0 Å². The molecule has 1 heterocycles. The Morgan fingerprint density at radius 2 is 2.30 bits per heavy atom. The Morgan fingerprint density at radius 1 is 1.55 bits per heavy atom. The van der Waals surface area contributed by atoms with Crippen molar-refractivity contribution in [2.45, 2.75) is 70.2 Å². The maximum absolute atomic E-state index is 11.8. The van der Waals surface area contributed by atoms with E-state index in [2.05, 4.69) is 17.1 Å². The minimum atomic E-state index is -0.624. The number of hydrogen-bond donors (Lipinski definition) is 2. The summed E-state index contributed by atoms with van der Waals surface area (Å²) in [5.74, 6) is -0.262. The van der Waals surface area contributed by atoms with Gasteiger partial charge in [0, 0.05) is 18.6 Å². The van der Waals surface area contributed by atoms with Gasteiger partial charge < -0.3 is 15.8 Å². The molecule has 5 nitrogen and oxygen atoms in total. The second-order valence-corrected chi connectivity index (χ2v) is 6.43. The van der Waals surface area contributed by atoms with Crippen LogP contribution in [0.25, 0.3) is 0 Å². The van der Waals surface area contributed by atoms with Gasteiger partial charge in [0.1, 0.15) is 0 Å². The van der Waals surface area contributed by atoms with Gasteiger partial charge in [-0.25, -0.2) is 0 Å². The summed E-state index contributed by atoms with van der Waals surface area (Å²) < 4.78 is 5.86. The van der Waals surface area contributed by atoms with E-state index in [-0.39, 0.29) is 5.91 Å². The number of nitrogens with one attached hydrogen (secondary N) is 1. The molecule has 1 aliphatic carbocycles. The number of rotatable bonds is 6. The molecule has 2 aliphatic rings. The van der Waals surface area contributed by atoms with Crippen molar-refractivity contribution in [3.8, 4) is 0 Å². The van der Waals surface area contributed by atoms with Crippen LogP contribution >= 0.6 is 0 Å². The Labute approximate surface area is 122 Å². The predicted octanol–water partition coefficient (Wildman–Crippen LogP) is 0.872. The first kappa shape index (κ1) is 15.7. The highest BCUT2D eigenvalue weighted by molar-refractivity contribution is 5.84. The Bertz CT molecular complexity index is 350. The Morgan fingerprint density at radius 3 is 2.95 bits per heavy atom. The number of ether oxygens (including phenoxy) is 1. The number of morpholine rings is 1. The number of nitrogens with two attached hydrogens (primary N) is 1. The van der Waals surface area contributed by atoms with E-state index in [4.69, 9.17) is 10.5 Å². The summed E-state index contributed by atoms with van der Waals surface area (Å²) in [6, 6.07) is 0.860. The van der Waals surface area contributed by atoms with Crippen molar-refractivity contribution in [3.05, 3.63) is 0 Å². The molecule has 4 unspecified atom stereocenters. The second-order valence-electron chi connectivity index (χ2n) is 6.43. The molecule has 1 saturated carbocycles. The number of fused-ring (bicyclic) bond motifs is 1. The first-order chi connectivity index (χ1) is 9.48. The topological polar surface area (TPSA) is 67.6 Å². The zero-order chi connectivity index (χ0) is 14.8. The van der Waals surface area contributed by atoms with E-state index in [1.54, 1.807) is 0 Å². The lowest BCUT2D eigenvalue weighted by atomic mass is 9.91. The predicted molar refractivity (Wildman–Crippen MR) is 79.4 cm³/mol. The van der Waals surface area contributed by atoms with Crippen LogP contribution in [0.2, 0.25) is 0 Å². The highest BCUT2D eigenvalue weighted by Crippen LogP contribution is 2.32. The highest BCUT2D eigenvalue weighted by atomic mass is 16.5. The van der Waals surface area contributed by atoms with Gasteiger partial charge in [-0.1, -0.05) is 6.92 Å². The third-order valence-electron chi connectivity index (χ3n) is 4.91. The maximum atomic E-state index is 11.8. The molecule has 3 N–H and O–H groups in total. The fraction of sp³-hybridized carbons (Fsp3) is 0.933. The van der Waals surface area contributed by atoms with Crippen LogP contribution in [0.1, 0.15) is 46.5 Å². The molecular weight excluding hydrogens is 254 g/mol. The molecule has 0 radical (unpaired) electrons. The molecule has 0 aromatic heterocycles. The van der Waals surface area contributed by atoms with E-state index in [0.717, 1.165) is 26.1 Å². The molecule has 2 fully saturated rings. The minimum Gasteiger partial charge on any atom is -0.375 e. The largest absolute Gasteiger partial charge is 0.375 e. The fourth-order valence-corrected chi connectivity index (χ4v) is 3.86. The molecule has 0 aromatic rings. The molecule has 0 aromatic carbocycles. The number of carbonyl (C=O) groups is 1. The van der Waals surface area contributed by atoms with Gasteiger partial charge in [-0.05, 0) is 46.1 Å². The smallest absolute Gasteiger partial charge is 0.237 e. The van der Waals surface area contributed by atoms with Gasteiger partial charge in [-0.2, -0.15) is 0 Å².